The van der Waals surface area contributed by atoms with Crippen LogP contribution >= 0.6 is 11.3 Å². The Morgan fingerprint density at radius 1 is 1.33 bits per heavy atom. The van der Waals surface area contributed by atoms with Crippen molar-refractivity contribution in [2.24, 2.45) is 5.73 Å². The summed E-state index contributed by atoms with van der Waals surface area (Å²) in [5, 5.41) is 1.13. The fraction of sp³-hybridized carbons (Fsp3) is 0.385. The Morgan fingerprint density at radius 3 is 2.72 bits per heavy atom. The average Bonchev–Trinajstić information content (AvgIpc) is 2.66. The first-order valence-electron chi connectivity index (χ1n) is 5.78. The molecule has 2 rings (SSSR count). The number of alkyl halides is 2. The van der Waals surface area contributed by atoms with Crippen molar-refractivity contribution in [3.05, 3.63) is 34.7 Å². The minimum atomic E-state index is -2.30. The second kappa shape index (κ2) is 5.73. The lowest BCUT2D eigenvalue weighted by Gasteiger charge is -2.16. The minimum Gasteiger partial charge on any atom is -0.326 e. The number of rotatable bonds is 5. The minimum absolute atomic E-state index is 0.214. The van der Waals surface area contributed by atoms with E-state index in [4.69, 9.17) is 5.73 Å². The molecule has 5 heteroatoms. The summed E-state index contributed by atoms with van der Waals surface area (Å²) < 4.78 is 25.9. The van der Waals surface area contributed by atoms with Gasteiger partial charge in [0, 0.05) is 22.7 Å². The molecule has 1 heterocycles. The van der Waals surface area contributed by atoms with Crippen molar-refractivity contribution in [1.82, 2.24) is 4.90 Å². The second-order valence-corrected chi connectivity index (χ2v) is 5.43. The van der Waals surface area contributed by atoms with E-state index in [1.165, 1.54) is 4.70 Å². The van der Waals surface area contributed by atoms with Crippen molar-refractivity contribution in [3.63, 3.8) is 0 Å². The Morgan fingerprint density at radius 2 is 2.06 bits per heavy atom. The van der Waals surface area contributed by atoms with Gasteiger partial charge in [-0.05, 0) is 24.1 Å². The van der Waals surface area contributed by atoms with Gasteiger partial charge >= 0.3 is 0 Å². The van der Waals surface area contributed by atoms with Gasteiger partial charge in [0.2, 0.25) is 0 Å². The number of hydrogen-bond donors (Lipinski definition) is 1. The maximum absolute atomic E-state index is 12.3. The number of thiophene rings is 1. The van der Waals surface area contributed by atoms with E-state index >= 15 is 0 Å². The van der Waals surface area contributed by atoms with Crippen LogP contribution in [0.25, 0.3) is 10.1 Å². The molecule has 0 spiro atoms. The molecule has 2 N–H and O–H groups in total. The van der Waals surface area contributed by atoms with Crippen molar-refractivity contribution in [2.45, 2.75) is 19.5 Å². The monoisotopic (exact) mass is 270 g/mol. The summed E-state index contributed by atoms with van der Waals surface area (Å²) in [6.07, 6.45) is -2.30. The Bertz CT molecular complexity index is 525. The molecule has 2 aromatic rings. The van der Waals surface area contributed by atoms with E-state index in [-0.39, 0.29) is 6.54 Å². The highest BCUT2D eigenvalue weighted by Crippen LogP contribution is 2.31. The largest absolute Gasteiger partial charge is 0.326 e. The highest BCUT2D eigenvalue weighted by molar-refractivity contribution is 7.19. The van der Waals surface area contributed by atoms with Crippen molar-refractivity contribution in [3.8, 4) is 0 Å². The van der Waals surface area contributed by atoms with Crippen molar-refractivity contribution < 1.29 is 8.78 Å². The van der Waals surface area contributed by atoms with Crippen LogP contribution in [0.15, 0.2) is 24.3 Å². The third-order valence-electron chi connectivity index (χ3n) is 2.85. The highest BCUT2D eigenvalue weighted by atomic mass is 32.1. The standard InChI is InChI=1S/C13H16F2N2S/c1-17(8-13(14)15)7-10-9-4-2-3-5-11(9)18-12(10)6-16/h2-5,13H,6-8,16H2,1H3. The maximum Gasteiger partial charge on any atom is 0.251 e. The van der Waals surface area contributed by atoms with Gasteiger partial charge in [-0.1, -0.05) is 18.2 Å². The fourth-order valence-electron chi connectivity index (χ4n) is 2.06. The molecule has 2 nitrogen and oxygen atoms in total. The van der Waals surface area contributed by atoms with Gasteiger partial charge in [-0.3, -0.25) is 4.90 Å². The van der Waals surface area contributed by atoms with E-state index in [2.05, 4.69) is 0 Å². The fourth-order valence-corrected chi connectivity index (χ4v) is 3.15. The van der Waals surface area contributed by atoms with Gasteiger partial charge in [-0.25, -0.2) is 8.78 Å². The smallest absolute Gasteiger partial charge is 0.251 e. The van der Waals surface area contributed by atoms with E-state index in [9.17, 15) is 8.78 Å². The van der Waals surface area contributed by atoms with Crippen LogP contribution in [0.2, 0.25) is 0 Å². The molecule has 0 fully saturated rings. The molecule has 0 bridgehead atoms. The molecule has 98 valence electrons. The number of nitrogens with two attached hydrogens (primary N) is 1. The summed E-state index contributed by atoms with van der Waals surface area (Å²) in [5.74, 6) is 0. The molecular weight excluding hydrogens is 254 g/mol. The topological polar surface area (TPSA) is 29.3 Å². The van der Waals surface area contributed by atoms with Gasteiger partial charge in [0.15, 0.2) is 0 Å². The quantitative estimate of drug-likeness (QED) is 0.904. The van der Waals surface area contributed by atoms with Gasteiger partial charge < -0.3 is 5.73 Å². The van der Waals surface area contributed by atoms with Crippen molar-refractivity contribution >= 4 is 21.4 Å². The van der Waals surface area contributed by atoms with E-state index in [0.29, 0.717) is 13.1 Å². The van der Waals surface area contributed by atoms with Crippen LogP contribution in [-0.4, -0.2) is 24.9 Å². The Labute approximate surface area is 109 Å². The third kappa shape index (κ3) is 2.85. The Hall–Kier alpha value is -1.04. The van der Waals surface area contributed by atoms with E-state index in [1.807, 2.05) is 24.3 Å². The predicted molar refractivity (Wildman–Crippen MR) is 72.1 cm³/mol. The van der Waals surface area contributed by atoms with Crippen LogP contribution in [0.3, 0.4) is 0 Å². The molecule has 18 heavy (non-hydrogen) atoms. The predicted octanol–water partition coefficient (Wildman–Crippen LogP) is 3.06. The normalized spacial score (nSPS) is 11.9. The summed E-state index contributed by atoms with van der Waals surface area (Å²) in [5.41, 5.74) is 6.82. The van der Waals surface area contributed by atoms with Gasteiger partial charge in [-0.2, -0.15) is 0 Å². The number of halogens is 2. The highest BCUT2D eigenvalue weighted by Gasteiger charge is 2.14. The third-order valence-corrected chi connectivity index (χ3v) is 4.08. The van der Waals surface area contributed by atoms with Crippen molar-refractivity contribution in [2.75, 3.05) is 13.6 Å². The van der Waals surface area contributed by atoms with E-state index in [1.54, 1.807) is 23.3 Å². The molecule has 0 aliphatic rings. The molecule has 0 amide bonds. The van der Waals surface area contributed by atoms with Crippen LogP contribution in [-0.2, 0) is 13.1 Å². The average molecular weight is 270 g/mol. The van der Waals surface area contributed by atoms with Crippen molar-refractivity contribution in [1.29, 1.82) is 0 Å². The number of fused-ring (bicyclic) bond motifs is 1. The first kappa shape index (κ1) is 13.4. The Balaban J connectivity index is 2.30. The molecule has 0 radical (unpaired) electrons. The van der Waals surface area contributed by atoms with E-state index in [0.717, 1.165) is 15.8 Å². The molecule has 0 atom stereocenters. The van der Waals surface area contributed by atoms with Crippen LogP contribution in [0.1, 0.15) is 10.4 Å². The maximum atomic E-state index is 12.3. The Kier molecular flexibility index (Phi) is 4.27. The van der Waals surface area contributed by atoms with Crippen LogP contribution in [0, 0.1) is 0 Å². The zero-order chi connectivity index (χ0) is 13.1. The zero-order valence-electron chi connectivity index (χ0n) is 10.2. The lowest BCUT2D eigenvalue weighted by molar-refractivity contribution is 0.0977. The molecule has 0 aliphatic carbocycles. The number of benzene rings is 1. The van der Waals surface area contributed by atoms with Crippen LogP contribution in [0.5, 0.6) is 0 Å². The molecule has 0 saturated carbocycles. The molecular formula is C13H16F2N2S. The van der Waals surface area contributed by atoms with Crippen LogP contribution in [0.4, 0.5) is 8.78 Å². The summed E-state index contributed by atoms with van der Waals surface area (Å²) >= 11 is 1.65. The van der Waals surface area contributed by atoms with Crippen LogP contribution < -0.4 is 5.73 Å². The first-order valence-corrected chi connectivity index (χ1v) is 6.59. The zero-order valence-corrected chi connectivity index (χ0v) is 11.0. The summed E-state index contributed by atoms with van der Waals surface area (Å²) in [6.45, 7) is 0.756. The second-order valence-electron chi connectivity index (χ2n) is 4.29. The lowest BCUT2D eigenvalue weighted by Crippen LogP contribution is -2.24. The van der Waals surface area contributed by atoms with Gasteiger partial charge in [-0.15, -0.1) is 11.3 Å². The number of nitrogens with zero attached hydrogens (tertiary/aromatic N) is 1. The summed E-state index contributed by atoms with van der Waals surface area (Å²) in [7, 11) is 1.71. The van der Waals surface area contributed by atoms with Gasteiger partial charge in [0.25, 0.3) is 6.43 Å². The lowest BCUT2D eigenvalue weighted by atomic mass is 10.1. The molecule has 0 saturated heterocycles. The summed E-state index contributed by atoms with van der Waals surface area (Å²) in [4.78, 5) is 2.72. The van der Waals surface area contributed by atoms with E-state index < -0.39 is 6.43 Å². The first-order chi connectivity index (χ1) is 8.61. The summed E-state index contributed by atoms with van der Waals surface area (Å²) in [6, 6.07) is 8.00. The molecule has 0 aliphatic heterocycles. The molecule has 1 aromatic carbocycles. The SMILES string of the molecule is CN(Cc1c(CN)sc2ccccc12)CC(F)F. The molecule has 0 unspecified atom stereocenters. The van der Waals surface area contributed by atoms with Gasteiger partial charge in [0.05, 0.1) is 6.54 Å². The molecule has 1 aromatic heterocycles. The number of hydrogen-bond acceptors (Lipinski definition) is 3. The van der Waals surface area contributed by atoms with Gasteiger partial charge in [0.1, 0.15) is 0 Å².